The summed E-state index contributed by atoms with van der Waals surface area (Å²) in [4.78, 5) is 9.17. The third-order valence-electron chi connectivity index (χ3n) is 2.15. The molecule has 2 heterocycles. The lowest BCUT2D eigenvalue weighted by atomic mass is 10.2. The fourth-order valence-corrected chi connectivity index (χ4v) is 3.61. The average molecular weight is 220 g/mol. The molecule has 70 valence electrons. The lowest BCUT2D eigenvalue weighted by Gasteiger charge is -2.00. The third kappa shape index (κ3) is 1.29. The first-order valence-electron chi connectivity index (χ1n) is 4.37. The first-order valence-corrected chi connectivity index (χ1v) is 6.34. The van der Waals surface area contributed by atoms with Gasteiger partial charge in [-0.2, -0.15) is 0 Å². The summed E-state index contributed by atoms with van der Waals surface area (Å²) in [5.74, 6) is 0. The van der Waals surface area contributed by atoms with Crippen molar-refractivity contribution in [1.29, 1.82) is 0 Å². The Balaban J connectivity index is 2.33. The van der Waals surface area contributed by atoms with Gasteiger partial charge in [-0.25, -0.2) is 9.97 Å². The van der Waals surface area contributed by atoms with Crippen molar-refractivity contribution in [2.45, 2.75) is 17.0 Å². The number of aromatic nitrogens is 2. The molecular formula is C10H8N2S2. The molecule has 1 aromatic carbocycles. The second kappa shape index (κ2) is 3.14. The predicted molar refractivity (Wildman–Crippen MR) is 60.9 cm³/mol. The summed E-state index contributed by atoms with van der Waals surface area (Å²) in [6.45, 7) is 2.08. The summed E-state index contributed by atoms with van der Waals surface area (Å²) in [6.07, 6.45) is 0. The first-order chi connectivity index (χ1) is 6.83. The Morgan fingerprint density at radius 3 is 2.57 bits per heavy atom. The van der Waals surface area contributed by atoms with Gasteiger partial charge in [-0.3, -0.25) is 0 Å². The molecule has 1 aromatic heterocycles. The van der Waals surface area contributed by atoms with E-state index < -0.39 is 0 Å². The van der Waals surface area contributed by atoms with Gasteiger partial charge >= 0.3 is 0 Å². The Morgan fingerprint density at radius 1 is 1.07 bits per heavy atom. The highest BCUT2D eigenvalue weighted by Crippen LogP contribution is 2.39. The van der Waals surface area contributed by atoms with Crippen LogP contribution in [0.25, 0.3) is 11.0 Å². The van der Waals surface area contributed by atoms with Crippen molar-refractivity contribution in [2.24, 2.45) is 0 Å². The lowest BCUT2D eigenvalue weighted by molar-refractivity contribution is 0.980. The Hall–Kier alpha value is -0.740. The second-order valence-corrected chi connectivity index (χ2v) is 5.53. The van der Waals surface area contributed by atoms with Gasteiger partial charge in [-0.15, -0.1) is 0 Å². The van der Waals surface area contributed by atoms with Gasteiger partial charge in [0.25, 0.3) is 0 Å². The summed E-state index contributed by atoms with van der Waals surface area (Å²) in [7, 11) is 0. The molecule has 0 aliphatic carbocycles. The fraction of sp³-hybridized carbons (Fsp3) is 0.200. The smallest absolute Gasteiger partial charge is 0.130 e. The van der Waals surface area contributed by atoms with Gasteiger partial charge < -0.3 is 0 Å². The van der Waals surface area contributed by atoms with E-state index >= 15 is 0 Å². The van der Waals surface area contributed by atoms with Crippen LogP contribution in [-0.2, 0) is 0 Å². The average Bonchev–Trinajstić information content (AvgIpc) is 2.61. The highest BCUT2D eigenvalue weighted by atomic mass is 32.2. The highest BCUT2D eigenvalue weighted by molar-refractivity contribution is 8.18. The predicted octanol–water partition coefficient (Wildman–Crippen LogP) is 3.09. The normalized spacial score (nSPS) is 14.6. The maximum atomic E-state index is 4.60. The molecule has 3 rings (SSSR count). The molecule has 14 heavy (non-hydrogen) atoms. The summed E-state index contributed by atoms with van der Waals surface area (Å²) in [6, 6.07) is 6.21. The molecular weight excluding hydrogens is 212 g/mol. The minimum atomic E-state index is 1.00. The summed E-state index contributed by atoms with van der Waals surface area (Å²) in [5, 5.41) is 3.23. The van der Waals surface area contributed by atoms with Crippen LogP contribution in [-0.4, -0.2) is 15.1 Å². The van der Waals surface area contributed by atoms with Crippen LogP contribution in [0.2, 0.25) is 0 Å². The van der Waals surface area contributed by atoms with Crippen LogP contribution in [0.1, 0.15) is 5.56 Å². The van der Waals surface area contributed by atoms with E-state index in [1.54, 1.807) is 23.5 Å². The van der Waals surface area contributed by atoms with Crippen molar-refractivity contribution in [3.05, 3.63) is 23.8 Å². The molecule has 2 aromatic rings. The molecule has 0 unspecified atom stereocenters. The van der Waals surface area contributed by atoms with E-state index in [0.717, 1.165) is 26.2 Å². The third-order valence-corrected chi connectivity index (χ3v) is 4.34. The van der Waals surface area contributed by atoms with Crippen LogP contribution < -0.4 is 0 Å². The van der Waals surface area contributed by atoms with E-state index in [1.807, 2.05) is 6.07 Å². The molecule has 2 nitrogen and oxygen atoms in total. The standard InChI is InChI=1S/C10H8N2S2/c1-6-2-3-7-8(4-6)12-10-9(11-7)13-5-14-10/h2-4H,5H2,1H3. The number of hydrogen-bond acceptors (Lipinski definition) is 4. The molecule has 1 aliphatic heterocycles. The van der Waals surface area contributed by atoms with Crippen LogP contribution in [0, 0.1) is 6.92 Å². The Labute approximate surface area is 90.5 Å². The molecule has 0 amide bonds. The van der Waals surface area contributed by atoms with Crippen molar-refractivity contribution in [1.82, 2.24) is 9.97 Å². The van der Waals surface area contributed by atoms with Gasteiger partial charge in [-0.1, -0.05) is 29.6 Å². The fourth-order valence-electron chi connectivity index (χ4n) is 1.46. The molecule has 0 fully saturated rings. The molecule has 0 saturated carbocycles. The van der Waals surface area contributed by atoms with Gasteiger partial charge in [-0.05, 0) is 24.6 Å². The largest absolute Gasteiger partial charge is 0.237 e. The molecule has 0 spiro atoms. The minimum Gasteiger partial charge on any atom is -0.237 e. The zero-order chi connectivity index (χ0) is 9.54. The van der Waals surface area contributed by atoms with Crippen molar-refractivity contribution < 1.29 is 0 Å². The van der Waals surface area contributed by atoms with E-state index in [9.17, 15) is 0 Å². The number of aryl methyl sites for hydroxylation is 1. The van der Waals surface area contributed by atoms with Crippen LogP contribution in [0.5, 0.6) is 0 Å². The van der Waals surface area contributed by atoms with E-state index in [1.165, 1.54) is 5.56 Å². The first kappa shape index (κ1) is 8.56. The number of rotatable bonds is 0. The molecule has 1 aliphatic rings. The quantitative estimate of drug-likeness (QED) is 0.681. The van der Waals surface area contributed by atoms with Crippen molar-refractivity contribution in [2.75, 3.05) is 5.08 Å². The Bertz CT molecular complexity index is 511. The van der Waals surface area contributed by atoms with E-state index in [4.69, 9.17) is 0 Å². The lowest BCUT2D eigenvalue weighted by Crippen LogP contribution is -1.88. The summed E-state index contributed by atoms with van der Waals surface area (Å²) < 4.78 is 0. The highest BCUT2D eigenvalue weighted by Gasteiger charge is 2.16. The zero-order valence-corrected chi connectivity index (χ0v) is 9.28. The van der Waals surface area contributed by atoms with Crippen LogP contribution in [0.3, 0.4) is 0 Å². The van der Waals surface area contributed by atoms with E-state index in [0.29, 0.717) is 0 Å². The maximum absolute atomic E-state index is 4.60. The molecule has 0 N–H and O–H groups in total. The zero-order valence-electron chi connectivity index (χ0n) is 7.65. The number of hydrogen-bond donors (Lipinski definition) is 0. The number of fused-ring (bicyclic) bond motifs is 2. The summed E-state index contributed by atoms with van der Waals surface area (Å²) >= 11 is 3.55. The van der Waals surface area contributed by atoms with Crippen LogP contribution >= 0.6 is 23.5 Å². The van der Waals surface area contributed by atoms with Crippen molar-refractivity contribution >= 4 is 34.6 Å². The van der Waals surface area contributed by atoms with Crippen molar-refractivity contribution in [3.8, 4) is 0 Å². The monoisotopic (exact) mass is 220 g/mol. The molecule has 0 bridgehead atoms. The van der Waals surface area contributed by atoms with Crippen molar-refractivity contribution in [3.63, 3.8) is 0 Å². The number of benzene rings is 1. The van der Waals surface area contributed by atoms with Crippen LogP contribution in [0.15, 0.2) is 28.3 Å². The SMILES string of the molecule is Cc1ccc2nc3c(nc2c1)SCS3. The summed E-state index contributed by atoms with van der Waals surface area (Å²) in [5.41, 5.74) is 3.26. The molecule has 4 heteroatoms. The molecule has 0 radical (unpaired) electrons. The van der Waals surface area contributed by atoms with Gasteiger partial charge in [0.2, 0.25) is 0 Å². The van der Waals surface area contributed by atoms with Gasteiger partial charge in [0.1, 0.15) is 10.1 Å². The van der Waals surface area contributed by atoms with E-state index in [2.05, 4.69) is 29.0 Å². The topological polar surface area (TPSA) is 25.8 Å². The van der Waals surface area contributed by atoms with Gasteiger partial charge in [0.15, 0.2) is 0 Å². The van der Waals surface area contributed by atoms with Gasteiger partial charge in [0, 0.05) is 0 Å². The Morgan fingerprint density at radius 2 is 1.79 bits per heavy atom. The molecule has 0 saturated heterocycles. The second-order valence-electron chi connectivity index (χ2n) is 3.23. The number of thioether (sulfide) groups is 2. The van der Waals surface area contributed by atoms with Crippen LogP contribution in [0.4, 0.5) is 0 Å². The number of nitrogens with zero attached hydrogens (tertiary/aromatic N) is 2. The van der Waals surface area contributed by atoms with E-state index in [-0.39, 0.29) is 0 Å². The molecule has 0 atom stereocenters. The Kier molecular flexibility index (Phi) is 1.92. The minimum absolute atomic E-state index is 1.00. The van der Waals surface area contributed by atoms with Gasteiger partial charge in [0.05, 0.1) is 16.1 Å². The maximum Gasteiger partial charge on any atom is 0.130 e.